The fraction of sp³-hybridized carbons (Fsp3) is 0.316. The molecule has 2 aromatic rings. The minimum Gasteiger partial charge on any atom is -0.351 e. The molecular formula is C19H23N3O2. The molecule has 0 spiro atoms. The molecule has 0 bridgehead atoms. The highest BCUT2D eigenvalue weighted by molar-refractivity contribution is 6.04. The highest BCUT2D eigenvalue weighted by atomic mass is 16.2. The predicted molar refractivity (Wildman–Crippen MR) is 92.8 cm³/mol. The van der Waals surface area contributed by atoms with Crippen molar-refractivity contribution in [2.45, 2.75) is 26.9 Å². The number of carbonyl (C=O) groups is 2. The molecule has 0 saturated heterocycles. The van der Waals surface area contributed by atoms with Crippen molar-refractivity contribution in [3.05, 3.63) is 66.0 Å². The first-order chi connectivity index (χ1) is 11.4. The van der Waals surface area contributed by atoms with E-state index in [1.807, 2.05) is 42.5 Å². The number of nitrogens with one attached hydrogen (secondary N) is 1. The lowest BCUT2D eigenvalue weighted by molar-refractivity contribution is -0.148. The van der Waals surface area contributed by atoms with Crippen LogP contribution >= 0.6 is 0 Å². The quantitative estimate of drug-likeness (QED) is 0.830. The van der Waals surface area contributed by atoms with Gasteiger partial charge in [-0.05, 0) is 37.1 Å². The third kappa shape index (κ3) is 4.41. The zero-order valence-corrected chi connectivity index (χ0v) is 14.3. The molecule has 0 fully saturated rings. The Hall–Kier alpha value is -2.69. The SMILES string of the molecule is CN(Cc1ccccc1)C(=O)C(C)(C)C(=O)NCc1ccncc1. The van der Waals surface area contributed by atoms with E-state index in [1.165, 1.54) is 0 Å². The first kappa shape index (κ1) is 17.7. The molecule has 0 aliphatic rings. The highest BCUT2D eigenvalue weighted by Gasteiger charge is 2.37. The monoisotopic (exact) mass is 325 g/mol. The molecule has 1 aromatic heterocycles. The van der Waals surface area contributed by atoms with Gasteiger partial charge in [0.15, 0.2) is 0 Å². The summed E-state index contributed by atoms with van der Waals surface area (Å²) >= 11 is 0. The van der Waals surface area contributed by atoms with Crippen LogP contribution in [0.2, 0.25) is 0 Å². The van der Waals surface area contributed by atoms with Crippen LogP contribution in [-0.4, -0.2) is 28.7 Å². The van der Waals surface area contributed by atoms with Crippen molar-refractivity contribution in [1.82, 2.24) is 15.2 Å². The van der Waals surface area contributed by atoms with Gasteiger partial charge in [0.2, 0.25) is 11.8 Å². The molecule has 2 amide bonds. The highest BCUT2D eigenvalue weighted by Crippen LogP contribution is 2.20. The molecule has 0 aliphatic heterocycles. The summed E-state index contributed by atoms with van der Waals surface area (Å²) in [6.45, 7) is 4.15. The summed E-state index contributed by atoms with van der Waals surface area (Å²) in [6.07, 6.45) is 3.34. The Balaban J connectivity index is 1.96. The minimum atomic E-state index is -1.13. The van der Waals surface area contributed by atoms with E-state index in [-0.39, 0.29) is 11.8 Å². The number of carbonyl (C=O) groups excluding carboxylic acids is 2. The van der Waals surface area contributed by atoms with Crippen LogP contribution in [0.4, 0.5) is 0 Å². The number of nitrogens with zero attached hydrogens (tertiary/aromatic N) is 2. The molecule has 1 aromatic carbocycles. The number of hydrogen-bond donors (Lipinski definition) is 1. The van der Waals surface area contributed by atoms with Crippen LogP contribution in [0, 0.1) is 5.41 Å². The van der Waals surface area contributed by atoms with Gasteiger partial charge in [0.25, 0.3) is 0 Å². The lowest BCUT2D eigenvalue weighted by atomic mass is 9.90. The second kappa shape index (κ2) is 7.73. The molecule has 1 heterocycles. The molecule has 2 rings (SSSR count). The maximum Gasteiger partial charge on any atom is 0.237 e. The average Bonchev–Trinajstić information content (AvgIpc) is 2.60. The van der Waals surface area contributed by atoms with Gasteiger partial charge in [-0.1, -0.05) is 30.3 Å². The first-order valence-electron chi connectivity index (χ1n) is 7.88. The standard InChI is InChI=1S/C19H23N3O2/c1-19(2,17(23)21-13-15-9-11-20-12-10-15)18(24)22(3)14-16-7-5-4-6-8-16/h4-12H,13-14H2,1-3H3,(H,21,23). The number of benzene rings is 1. The summed E-state index contributed by atoms with van der Waals surface area (Å²) in [7, 11) is 1.72. The van der Waals surface area contributed by atoms with Crippen LogP contribution in [0.25, 0.3) is 0 Å². The molecular weight excluding hydrogens is 302 g/mol. The lowest BCUT2D eigenvalue weighted by Gasteiger charge is -2.28. The van der Waals surface area contributed by atoms with E-state index in [1.54, 1.807) is 38.2 Å². The Bertz CT molecular complexity index is 684. The van der Waals surface area contributed by atoms with Gasteiger partial charge >= 0.3 is 0 Å². The molecule has 0 aliphatic carbocycles. The summed E-state index contributed by atoms with van der Waals surface area (Å²) in [5.74, 6) is -0.497. The Morgan fingerprint density at radius 2 is 1.67 bits per heavy atom. The fourth-order valence-corrected chi connectivity index (χ4v) is 2.41. The number of pyridine rings is 1. The summed E-state index contributed by atoms with van der Waals surface area (Å²) in [4.78, 5) is 30.7. The van der Waals surface area contributed by atoms with Gasteiger partial charge < -0.3 is 10.2 Å². The minimum absolute atomic E-state index is 0.210. The van der Waals surface area contributed by atoms with Gasteiger partial charge in [-0.25, -0.2) is 0 Å². The molecule has 24 heavy (non-hydrogen) atoms. The van der Waals surface area contributed by atoms with Gasteiger partial charge in [0.1, 0.15) is 5.41 Å². The van der Waals surface area contributed by atoms with E-state index in [4.69, 9.17) is 0 Å². The number of rotatable bonds is 6. The summed E-state index contributed by atoms with van der Waals surface area (Å²) in [5, 5.41) is 2.82. The normalized spacial score (nSPS) is 11.0. The topological polar surface area (TPSA) is 62.3 Å². The smallest absolute Gasteiger partial charge is 0.237 e. The van der Waals surface area contributed by atoms with Gasteiger partial charge in [-0.15, -0.1) is 0 Å². The number of aromatic nitrogens is 1. The van der Waals surface area contributed by atoms with Gasteiger partial charge in [0, 0.05) is 32.5 Å². The van der Waals surface area contributed by atoms with E-state index < -0.39 is 5.41 Å². The zero-order chi connectivity index (χ0) is 17.6. The molecule has 0 unspecified atom stereocenters. The molecule has 0 radical (unpaired) electrons. The van der Waals surface area contributed by atoms with Crippen molar-refractivity contribution in [3.63, 3.8) is 0 Å². The fourth-order valence-electron chi connectivity index (χ4n) is 2.41. The van der Waals surface area contributed by atoms with Crippen molar-refractivity contribution < 1.29 is 9.59 Å². The van der Waals surface area contributed by atoms with Gasteiger partial charge in [-0.3, -0.25) is 14.6 Å². The van der Waals surface area contributed by atoms with Gasteiger partial charge in [-0.2, -0.15) is 0 Å². The number of amides is 2. The maximum atomic E-state index is 12.7. The molecule has 1 N–H and O–H groups in total. The Labute approximate surface area is 142 Å². The average molecular weight is 325 g/mol. The zero-order valence-electron chi connectivity index (χ0n) is 14.3. The largest absolute Gasteiger partial charge is 0.351 e. The summed E-state index contributed by atoms with van der Waals surface area (Å²) < 4.78 is 0. The molecule has 5 heteroatoms. The van der Waals surface area contributed by atoms with Crippen molar-refractivity contribution in [3.8, 4) is 0 Å². The van der Waals surface area contributed by atoms with Crippen LogP contribution in [0.3, 0.4) is 0 Å². The van der Waals surface area contributed by atoms with E-state index in [9.17, 15) is 9.59 Å². The molecule has 5 nitrogen and oxygen atoms in total. The third-order valence-corrected chi connectivity index (χ3v) is 3.91. The Morgan fingerprint density at radius 3 is 2.29 bits per heavy atom. The Kier molecular flexibility index (Phi) is 5.68. The van der Waals surface area contributed by atoms with Crippen molar-refractivity contribution in [2.24, 2.45) is 5.41 Å². The first-order valence-corrected chi connectivity index (χ1v) is 7.88. The summed E-state index contributed by atoms with van der Waals surface area (Å²) in [5.41, 5.74) is 0.844. The second-order valence-corrected chi connectivity index (χ2v) is 6.31. The molecule has 126 valence electrons. The van der Waals surface area contributed by atoms with E-state index in [2.05, 4.69) is 10.3 Å². The van der Waals surface area contributed by atoms with Crippen molar-refractivity contribution in [1.29, 1.82) is 0 Å². The maximum absolute atomic E-state index is 12.7. The predicted octanol–water partition coefficient (Wildman–Crippen LogP) is 2.38. The van der Waals surface area contributed by atoms with Crippen LogP contribution in [0.1, 0.15) is 25.0 Å². The molecule has 0 saturated carbocycles. The third-order valence-electron chi connectivity index (χ3n) is 3.91. The lowest BCUT2D eigenvalue weighted by Crippen LogP contribution is -2.48. The van der Waals surface area contributed by atoms with Crippen molar-refractivity contribution in [2.75, 3.05) is 7.05 Å². The van der Waals surface area contributed by atoms with Crippen LogP contribution < -0.4 is 5.32 Å². The van der Waals surface area contributed by atoms with Crippen LogP contribution in [-0.2, 0) is 22.7 Å². The summed E-state index contributed by atoms with van der Waals surface area (Å²) in [6, 6.07) is 13.4. The van der Waals surface area contributed by atoms with Gasteiger partial charge in [0.05, 0.1) is 0 Å². The number of hydrogen-bond acceptors (Lipinski definition) is 3. The second-order valence-electron chi connectivity index (χ2n) is 6.31. The van der Waals surface area contributed by atoms with E-state index >= 15 is 0 Å². The molecule has 0 atom stereocenters. The van der Waals surface area contributed by atoms with Crippen molar-refractivity contribution >= 4 is 11.8 Å². The Morgan fingerprint density at radius 1 is 1.04 bits per heavy atom. The van der Waals surface area contributed by atoms with E-state index in [0.717, 1.165) is 11.1 Å². The van der Waals surface area contributed by atoms with E-state index in [0.29, 0.717) is 13.1 Å². The van der Waals surface area contributed by atoms with Crippen LogP contribution in [0.5, 0.6) is 0 Å². The van der Waals surface area contributed by atoms with Crippen LogP contribution in [0.15, 0.2) is 54.9 Å².